The molecule has 0 aliphatic carbocycles. The van der Waals surface area contributed by atoms with Gasteiger partial charge in [0.1, 0.15) is 0 Å². The van der Waals surface area contributed by atoms with Gasteiger partial charge in [-0.3, -0.25) is 4.79 Å². The Balaban J connectivity index is 1.72. The van der Waals surface area contributed by atoms with Crippen molar-refractivity contribution in [2.75, 3.05) is 13.2 Å². The average Bonchev–Trinajstić information content (AvgIpc) is 2.54. The van der Waals surface area contributed by atoms with Crippen LogP contribution in [0.5, 0.6) is 0 Å². The molecule has 2 rings (SSSR count). The van der Waals surface area contributed by atoms with E-state index in [9.17, 15) is 9.59 Å². The fourth-order valence-corrected chi connectivity index (χ4v) is 2.05. The Morgan fingerprint density at radius 1 is 1.00 bits per heavy atom. The molecule has 0 saturated carbocycles. The van der Waals surface area contributed by atoms with E-state index in [0.29, 0.717) is 12.1 Å². The Morgan fingerprint density at radius 3 is 2.41 bits per heavy atom. The Kier molecular flexibility index (Phi) is 5.72. The Morgan fingerprint density at radius 2 is 1.68 bits per heavy atom. The summed E-state index contributed by atoms with van der Waals surface area (Å²) in [5.41, 5.74) is 2.47. The van der Waals surface area contributed by atoms with Gasteiger partial charge in [0.05, 0.1) is 5.56 Å². The summed E-state index contributed by atoms with van der Waals surface area (Å²) in [6.45, 7) is 2.09. The molecule has 1 amide bonds. The first kappa shape index (κ1) is 15.8. The lowest BCUT2D eigenvalue weighted by molar-refractivity contribution is -0.124. The molecule has 0 radical (unpaired) electrons. The quantitative estimate of drug-likeness (QED) is 0.834. The number of carbonyl (C=O) groups excluding carboxylic acids is 2. The molecule has 4 nitrogen and oxygen atoms in total. The van der Waals surface area contributed by atoms with Gasteiger partial charge in [-0.05, 0) is 30.5 Å². The van der Waals surface area contributed by atoms with Crippen molar-refractivity contribution >= 4 is 11.9 Å². The second-order valence-corrected chi connectivity index (χ2v) is 4.98. The van der Waals surface area contributed by atoms with Gasteiger partial charge in [-0.15, -0.1) is 0 Å². The number of benzene rings is 2. The van der Waals surface area contributed by atoms with E-state index in [4.69, 9.17) is 4.74 Å². The fourth-order valence-electron chi connectivity index (χ4n) is 2.05. The molecule has 2 aromatic rings. The minimum atomic E-state index is -0.476. The molecule has 0 fully saturated rings. The van der Waals surface area contributed by atoms with Crippen LogP contribution in [0.4, 0.5) is 0 Å². The normalized spacial score (nSPS) is 10.0. The van der Waals surface area contributed by atoms with Crippen molar-refractivity contribution in [1.82, 2.24) is 5.32 Å². The molecule has 0 unspecified atom stereocenters. The predicted molar refractivity (Wildman–Crippen MR) is 84.6 cm³/mol. The summed E-state index contributed by atoms with van der Waals surface area (Å²) in [6.07, 6.45) is 0.748. The topological polar surface area (TPSA) is 55.4 Å². The van der Waals surface area contributed by atoms with Crippen LogP contribution in [-0.2, 0) is 16.0 Å². The number of amides is 1. The molecule has 1 N–H and O–H groups in total. The summed E-state index contributed by atoms with van der Waals surface area (Å²) in [4.78, 5) is 23.5. The monoisotopic (exact) mass is 297 g/mol. The van der Waals surface area contributed by atoms with Gasteiger partial charge in [0, 0.05) is 6.54 Å². The molecule has 2 aromatic carbocycles. The second kappa shape index (κ2) is 7.98. The average molecular weight is 297 g/mol. The molecule has 4 heteroatoms. The van der Waals surface area contributed by atoms with E-state index in [1.807, 2.05) is 49.4 Å². The van der Waals surface area contributed by atoms with Gasteiger partial charge >= 0.3 is 5.97 Å². The van der Waals surface area contributed by atoms with Gasteiger partial charge in [-0.1, -0.05) is 48.5 Å². The number of esters is 1. The van der Waals surface area contributed by atoms with Crippen LogP contribution in [0.1, 0.15) is 21.5 Å². The van der Waals surface area contributed by atoms with Crippen LogP contribution < -0.4 is 5.32 Å². The number of rotatable bonds is 6. The van der Waals surface area contributed by atoms with E-state index in [2.05, 4.69) is 5.32 Å². The molecular weight excluding hydrogens is 278 g/mol. The molecule has 114 valence electrons. The molecular formula is C18H19NO3. The van der Waals surface area contributed by atoms with Gasteiger partial charge in [-0.2, -0.15) is 0 Å². The maximum absolute atomic E-state index is 11.9. The summed E-state index contributed by atoms with van der Waals surface area (Å²) in [6, 6.07) is 17.0. The third-order valence-electron chi connectivity index (χ3n) is 3.28. The highest BCUT2D eigenvalue weighted by Gasteiger charge is 2.11. The van der Waals surface area contributed by atoms with Gasteiger partial charge in [-0.25, -0.2) is 4.79 Å². The maximum Gasteiger partial charge on any atom is 0.338 e. The molecule has 0 bridgehead atoms. The molecule has 0 saturated heterocycles. The lowest BCUT2D eigenvalue weighted by Crippen LogP contribution is -2.30. The van der Waals surface area contributed by atoms with Crippen LogP contribution in [-0.4, -0.2) is 25.0 Å². The second-order valence-electron chi connectivity index (χ2n) is 4.98. The number of ether oxygens (including phenoxy) is 1. The van der Waals surface area contributed by atoms with Crippen LogP contribution >= 0.6 is 0 Å². The van der Waals surface area contributed by atoms with Crippen molar-refractivity contribution in [3.8, 4) is 0 Å². The largest absolute Gasteiger partial charge is 0.452 e. The van der Waals surface area contributed by atoms with Crippen LogP contribution in [0.2, 0.25) is 0 Å². The van der Waals surface area contributed by atoms with Crippen molar-refractivity contribution in [2.45, 2.75) is 13.3 Å². The number of nitrogens with one attached hydrogen (secondary N) is 1. The highest BCUT2D eigenvalue weighted by Crippen LogP contribution is 2.08. The van der Waals surface area contributed by atoms with E-state index in [1.54, 1.807) is 12.1 Å². The molecule has 22 heavy (non-hydrogen) atoms. The van der Waals surface area contributed by atoms with E-state index < -0.39 is 5.97 Å². The zero-order valence-corrected chi connectivity index (χ0v) is 12.5. The highest BCUT2D eigenvalue weighted by molar-refractivity contribution is 5.92. The Bertz CT molecular complexity index is 638. The first-order valence-electron chi connectivity index (χ1n) is 7.20. The summed E-state index contributed by atoms with van der Waals surface area (Å²) in [7, 11) is 0. The standard InChI is InChI=1S/C18H19NO3/c1-14-7-5-6-10-16(14)18(21)22-13-17(20)19-12-11-15-8-3-2-4-9-15/h2-10H,11-13H2,1H3,(H,19,20). The van der Waals surface area contributed by atoms with Crippen molar-refractivity contribution in [1.29, 1.82) is 0 Å². The number of aryl methyl sites for hydroxylation is 1. The zero-order chi connectivity index (χ0) is 15.8. The van der Waals surface area contributed by atoms with E-state index in [-0.39, 0.29) is 12.5 Å². The summed E-state index contributed by atoms with van der Waals surface area (Å²) < 4.78 is 5.02. The third kappa shape index (κ3) is 4.74. The van der Waals surface area contributed by atoms with Crippen LogP contribution in [0, 0.1) is 6.92 Å². The van der Waals surface area contributed by atoms with Crippen LogP contribution in [0.25, 0.3) is 0 Å². The van der Waals surface area contributed by atoms with E-state index in [0.717, 1.165) is 17.5 Å². The van der Waals surface area contributed by atoms with Crippen molar-refractivity contribution < 1.29 is 14.3 Å². The van der Waals surface area contributed by atoms with Gasteiger partial charge in [0.25, 0.3) is 5.91 Å². The minimum absolute atomic E-state index is 0.262. The first-order valence-corrected chi connectivity index (χ1v) is 7.20. The Labute approximate surface area is 130 Å². The fraction of sp³-hybridized carbons (Fsp3) is 0.222. The molecule has 0 spiro atoms. The SMILES string of the molecule is Cc1ccccc1C(=O)OCC(=O)NCCc1ccccc1. The zero-order valence-electron chi connectivity index (χ0n) is 12.5. The van der Waals surface area contributed by atoms with Gasteiger partial charge in [0.15, 0.2) is 6.61 Å². The predicted octanol–water partition coefficient (Wildman–Crippen LogP) is 2.51. The summed E-state index contributed by atoms with van der Waals surface area (Å²) in [5, 5.41) is 2.74. The van der Waals surface area contributed by atoms with E-state index >= 15 is 0 Å². The smallest absolute Gasteiger partial charge is 0.338 e. The lowest BCUT2D eigenvalue weighted by Gasteiger charge is -2.08. The van der Waals surface area contributed by atoms with Gasteiger partial charge < -0.3 is 10.1 Å². The molecule has 0 aliphatic heterocycles. The van der Waals surface area contributed by atoms with Crippen molar-refractivity contribution in [3.05, 3.63) is 71.3 Å². The van der Waals surface area contributed by atoms with Crippen LogP contribution in [0.15, 0.2) is 54.6 Å². The molecule has 0 aromatic heterocycles. The first-order chi connectivity index (χ1) is 10.7. The lowest BCUT2D eigenvalue weighted by atomic mass is 10.1. The summed E-state index contributed by atoms with van der Waals surface area (Å²) >= 11 is 0. The number of carbonyl (C=O) groups is 2. The molecule has 0 heterocycles. The number of hydrogen-bond acceptors (Lipinski definition) is 3. The molecule has 0 atom stereocenters. The minimum Gasteiger partial charge on any atom is -0.452 e. The van der Waals surface area contributed by atoms with Crippen LogP contribution in [0.3, 0.4) is 0 Å². The summed E-state index contributed by atoms with van der Waals surface area (Å²) in [5.74, 6) is -0.769. The van der Waals surface area contributed by atoms with Crippen molar-refractivity contribution in [3.63, 3.8) is 0 Å². The highest BCUT2D eigenvalue weighted by atomic mass is 16.5. The number of hydrogen-bond donors (Lipinski definition) is 1. The Hall–Kier alpha value is -2.62. The van der Waals surface area contributed by atoms with E-state index in [1.165, 1.54) is 0 Å². The van der Waals surface area contributed by atoms with Gasteiger partial charge in [0.2, 0.25) is 0 Å². The van der Waals surface area contributed by atoms with Crippen molar-refractivity contribution in [2.24, 2.45) is 0 Å². The maximum atomic E-state index is 11.9. The molecule has 0 aliphatic rings. The third-order valence-corrected chi connectivity index (χ3v) is 3.28.